The van der Waals surface area contributed by atoms with E-state index in [4.69, 9.17) is 11.6 Å². The Labute approximate surface area is 147 Å². The van der Waals surface area contributed by atoms with Crippen LogP contribution in [0.4, 0.5) is 5.69 Å². The van der Waals surface area contributed by atoms with Crippen LogP contribution < -0.4 is 4.90 Å². The molecule has 2 aromatic rings. The monoisotopic (exact) mass is 344 g/mol. The first-order chi connectivity index (χ1) is 11.6. The number of carbonyl (C=O) groups is 1. The van der Waals surface area contributed by atoms with E-state index in [0.717, 1.165) is 18.7 Å². The van der Waals surface area contributed by atoms with E-state index in [0.29, 0.717) is 18.1 Å². The molecule has 126 valence electrons. The van der Waals surface area contributed by atoms with Crippen LogP contribution in [0, 0.1) is 6.92 Å². The normalized spacial score (nSPS) is 16.8. The lowest BCUT2D eigenvalue weighted by atomic mass is 10.0. The van der Waals surface area contributed by atoms with Crippen LogP contribution in [0.5, 0.6) is 0 Å². The highest BCUT2D eigenvalue weighted by atomic mass is 35.5. The number of aliphatic carboxylic acids is 1. The van der Waals surface area contributed by atoms with Crippen molar-refractivity contribution in [3.8, 4) is 0 Å². The molecule has 1 aliphatic rings. The summed E-state index contributed by atoms with van der Waals surface area (Å²) in [7, 11) is 0. The van der Waals surface area contributed by atoms with Gasteiger partial charge in [-0.25, -0.2) is 0 Å². The van der Waals surface area contributed by atoms with Crippen LogP contribution in [-0.4, -0.2) is 42.2 Å². The Morgan fingerprint density at radius 3 is 2.25 bits per heavy atom. The second-order valence-electron chi connectivity index (χ2n) is 6.10. The number of piperazine rings is 1. The smallest absolute Gasteiger partial charge is 0.325 e. The number of aryl methyl sites for hydroxylation is 1. The number of para-hydroxylation sites is 1. The van der Waals surface area contributed by atoms with Gasteiger partial charge in [0.2, 0.25) is 0 Å². The molecule has 3 rings (SSSR count). The van der Waals surface area contributed by atoms with Gasteiger partial charge in [-0.3, -0.25) is 9.69 Å². The number of hydrogen-bond acceptors (Lipinski definition) is 3. The van der Waals surface area contributed by atoms with Crippen molar-refractivity contribution in [2.75, 3.05) is 31.1 Å². The van der Waals surface area contributed by atoms with Gasteiger partial charge >= 0.3 is 5.97 Å². The maximum Gasteiger partial charge on any atom is 0.325 e. The molecular formula is C19H21ClN2O2. The molecule has 0 spiro atoms. The first kappa shape index (κ1) is 16.8. The Balaban J connectivity index is 1.73. The van der Waals surface area contributed by atoms with Gasteiger partial charge in [0, 0.05) is 36.9 Å². The summed E-state index contributed by atoms with van der Waals surface area (Å²) < 4.78 is 0. The van der Waals surface area contributed by atoms with E-state index in [1.807, 2.05) is 17.0 Å². The number of anilines is 1. The topological polar surface area (TPSA) is 43.8 Å². The third kappa shape index (κ3) is 3.55. The third-order valence-electron chi connectivity index (χ3n) is 4.56. The fraction of sp³-hybridized carbons (Fsp3) is 0.316. The minimum Gasteiger partial charge on any atom is -0.480 e. The van der Waals surface area contributed by atoms with E-state index in [1.54, 1.807) is 24.3 Å². The summed E-state index contributed by atoms with van der Waals surface area (Å²) in [4.78, 5) is 16.2. The number of halogens is 1. The van der Waals surface area contributed by atoms with E-state index in [9.17, 15) is 9.90 Å². The number of nitrogens with zero attached hydrogens (tertiary/aromatic N) is 2. The van der Waals surface area contributed by atoms with E-state index in [1.165, 1.54) is 11.3 Å². The Bertz CT molecular complexity index is 710. The van der Waals surface area contributed by atoms with Gasteiger partial charge in [-0.15, -0.1) is 0 Å². The fourth-order valence-corrected chi connectivity index (χ4v) is 3.42. The molecule has 1 N–H and O–H groups in total. The van der Waals surface area contributed by atoms with Gasteiger partial charge in [-0.05, 0) is 36.2 Å². The molecule has 5 heteroatoms. The summed E-state index contributed by atoms with van der Waals surface area (Å²) in [6, 6.07) is 14.8. The Morgan fingerprint density at radius 1 is 1.04 bits per heavy atom. The quantitative estimate of drug-likeness (QED) is 0.920. The van der Waals surface area contributed by atoms with Crippen molar-refractivity contribution in [1.29, 1.82) is 0 Å². The molecule has 24 heavy (non-hydrogen) atoms. The maximum atomic E-state index is 11.8. The summed E-state index contributed by atoms with van der Waals surface area (Å²) in [6.45, 7) is 5.18. The summed E-state index contributed by atoms with van der Waals surface area (Å²) >= 11 is 5.92. The van der Waals surface area contributed by atoms with Crippen molar-refractivity contribution < 1.29 is 9.90 Å². The molecule has 1 heterocycles. The number of carboxylic acid groups (broad SMARTS) is 1. The van der Waals surface area contributed by atoms with Crippen molar-refractivity contribution in [3.05, 3.63) is 64.7 Å². The number of rotatable bonds is 4. The van der Waals surface area contributed by atoms with Crippen molar-refractivity contribution in [2.24, 2.45) is 0 Å². The second kappa shape index (κ2) is 7.24. The molecule has 0 radical (unpaired) electrons. The van der Waals surface area contributed by atoms with Crippen LogP contribution >= 0.6 is 11.6 Å². The predicted molar refractivity (Wildman–Crippen MR) is 96.8 cm³/mol. The lowest BCUT2D eigenvalue weighted by Gasteiger charge is -2.39. The lowest BCUT2D eigenvalue weighted by molar-refractivity contribution is -0.143. The molecule has 1 unspecified atom stereocenters. The van der Waals surface area contributed by atoms with E-state index in [-0.39, 0.29) is 0 Å². The first-order valence-corrected chi connectivity index (χ1v) is 8.47. The standard InChI is InChI=1S/C19H21ClN2O2/c1-14-4-2-3-5-17(14)21-10-12-22(13-11-21)18(19(23)24)15-6-8-16(20)9-7-15/h2-9,18H,10-13H2,1H3,(H,23,24). The second-order valence-corrected chi connectivity index (χ2v) is 6.54. The van der Waals surface area contributed by atoms with Crippen LogP contribution in [0.3, 0.4) is 0 Å². The Morgan fingerprint density at radius 2 is 1.67 bits per heavy atom. The van der Waals surface area contributed by atoms with E-state index in [2.05, 4.69) is 24.0 Å². The zero-order valence-electron chi connectivity index (χ0n) is 13.7. The fourth-order valence-electron chi connectivity index (χ4n) is 3.29. The van der Waals surface area contributed by atoms with Gasteiger partial charge in [-0.1, -0.05) is 41.9 Å². The minimum atomic E-state index is -0.818. The largest absolute Gasteiger partial charge is 0.480 e. The molecule has 1 fully saturated rings. The average Bonchev–Trinajstić information content (AvgIpc) is 2.58. The van der Waals surface area contributed by atoms with Crippen LogP contribution in [0.1, 0.15) is 17.2 Å². The number of benzene rings is 2. The van der Waals surface area contributed by atoms with E-state index >= 15 is 0 Å². The first-order valence-electron chi connectivity index (χ1n) is 8.09. The molecule has 0 bridgehead atoms. The molecule has 0 aromatic heterocycles. The summed E-state index contributed by atoms with van der Waals surface area (Å²) in [6.07, 6.45) is 0. The van der Waals surface area contributed by atoms with Gasteiger partial charge in [-0.2, -0.15) is 0 Å². The number of carboxylic acids is 1. The van der Waals surface area contributed by atoms with Crippen molar-refractivity contribution in [1.82, 2.24) is 4.90 Å². The number of hydrogen-bond donors (Lipinski definition) is 1. The predicted octanol–water partition coefficient (Wildman–Crippen LogP) is 3.60. The highest BCUT2D eigenvalue weighted by Gasteiger charge is 2.30. The molecule has 1 aliphatic heterocycles. The van der Waals surface area contributed by atoms with Gasteiger partial charge in [0.05, 0.1) is 0 Å². The lowest BCUT2D eigenvalue weighted by Crippen LogP contribution is -2.49. The Hall–Kier alpha value is -2.04. The van der Waals surface area contributed by atoms with Crippen molar-refractivity contribution in [3.63, 3.8) is 0 Å². The zero-order valence-corrected chi connectivity index (χ0v) is 14.4. The van der Waals surface area contributed by atoms with Crippen LogP contribution in [-0.2, 0) is 4.79 Å². The highest BCUT2D eigenvalue weighted by molar-refractivity contribution is 6.30. The van der Waals surface area contributed by atoms with Crippen LogP contribution in [0.25, 0.3) is 0 Å². The molecular weight excluding hydrogens is 324 g/mol. The van der Waals surface area contributed by atoms with Gasteiger partial charge < -0.3 is 10.0 Å². The highest BCUT2D eigenvalue weighted by Crippen LogP contribution is 2.26. The van der Waals surface area contributed by atoms with Crippen molar-refractivity contribution in [2.45, 2.75) is 13.0 Å². The molecule has 2 aromatic carbocycles. The molecule has 1 atom stereocenters. The molecule has 0 amide bonds. The summed E-state index contributed by atoms with van der Waals surface area (Å²) in [5, 5.41) is 10.3. The molecule has 1 saturated heterocycles. The Kier molecular flexibility index (Phi) is 5.07. The van der Waals surface area contributed by atoms with Crippen LogP contribution in [0.2, 0.25) is 5.02 Å². The zero-order chi connectivity index (χ0) is 17.1. The summed E-state index contributed by atoms with van der Waals surface area (Å²) in [5.74, 6) is -0.818. The van der Waals surface area contributed by atoms with Gasteiger partial charge in [0.25, 0.3) is 0 Å². The molecule has 0 aliphatic carbocycles. The van der Waals surface area contributed by atoms with Crippen molar-refractivity contribution >= 4 is 23.3 Å². The van der Waals surface area contributed by atoms with Gasteiger partial charge in [0.15, 0.2) is 0 Å². The molecule has 0 saturated carbocycles. The SMILES string of the molecule is Cc1ccccc1N1CCN(C(C(=O)O)c2ccc(Cl)cc2)CC1. The van der Waals surface area contributed by atoms with E-state index < -0.39 is 12.0 Å². The minimum absolute atomic E-state index is 0.618. The van der Waals surface area contributed by atoms with Gasteiger partial charge in [0.1, 0.15) is 6.04 Å². The maximum absolute atomic E-state index is 11.8. The summed E-state index contributed by atoms with van der Waals surface area (Å²) in [5.41, 5.74) is 3.25. The average molecular weight is 345 g/mol. The molecule has 4 nitrogen and oxygen atoms in total. The van der Waals surface area contributed by atoms with Crippen LogP contribution in [0.15, 0.2) is 48.5 Å². The third-order valence-corrected chi connectivity index (χ3v) is 4.81.